The molecule has 10 nitrogen and oxygen atoms in total. The van der Waals surface area contributed by atoms with Gasteiger partial charge in [0.05, 0.1) is 11.3 Å². The van der Waals surface area contributed by atoms with Crippen LogP contribution < -0.4 is 33.0 Å². The van der Waals surface area contributed by atoms with Gasteiger partial charge in [0.25, 0.3) is 5.56 Å². The molecule has 8 N–H and O–H groups in total. The van der Waals surface area contributed by atoms with Crippen molar-refractivity contribution in [1.82, 2.24) is 15.3 Å². The molecule has 0 bridgehead atoms. The number of anilines is 2. The molecule has 0 aliphatic heterocycles. The van der Waals surface area contributed by atoms with Crippen LogP contribution >= 0.6 is 0 Å². The predicted molar refractivity (Wildman–Crippen MR) is 126 cm³/mol. The number of guanidine groups is 1. The predicted octanol–water partition coefficient (Wildman–Crippen LogP) is 2.25. The van der Waals surface area contributed by atoms with Crippen LogP contribution in [0.1, 0.15) is 12.0 Å². The van der Waals surface area contributed by atoms with E-state index >= 15 is 0 Å². The second-order valence-electron chi connectivity index (χ2n) is 7.33. The van der Waals surface area contributed by atoms with Crippen molar-refractivity contribution in [2.45, 2.75) is 13.0 Å². The Morgan fingerprint density at radius 3 is 2.43 bits per heavy atom. The fourth-order valence-electron chi connectivity index (χ4n) is 2.99. The number of carbonyl (C=O) groups excluding carboxylic acids is 1. The van der Waals surface area contributed by atoms with Crippen LogP contribution in [0.25, 0.3) is 11.1 Å². The number of carbonyl (C=O) groups is 1. The summed E-state index contributed by atoms with van der Waals surface area (Å²) >= 11 is 0. The van der Waals surface area contributed by atoms with E-state index in [1.165, 1.54) is 6.20 Å². The highest BCUT2D eigenvalue weighted by Gasteiger charge is 2.13. The van der Waals surface area contributed by atoms with Crippen LogP contribution in [0.2, 0.25) is 0 Å². The highest BCUT2D eigenvalue weighted by molar-refractivity contribution is 5.98. The van der Waals surface area contributed by atoms with Crippen LogP contribution in [-0.4, -0.2) is 35.0 Å². The number of nitrogens with zero attached hydrogens (tertiary/aromatic N) is 2. The Kier molecular flexibility index (Phi) is 8.40. The molecule has 0 aliphatic carbocycles. The summed E-state index contributed by atoms with van der Waals surface area (Å²) in [6, 6.07) is 7.01. The number of nitrogens with two attached hydrogens (primary N) is 2. The summed E-state index contributed by atoms with van der Waals surface area (Å²) in [6.07, 6.45) is 2.05. The zero-order chi connectivity index (χ0) is 25.4. The maximum Gasteiger partial charge on any atom is 0.326 e. The van der Waals surface area contributed by atoms with E-state index in [4.69, 9.17) is 11.5 Å². The lowest BCUT2D eigenvalue weighted by atomic mass is 10.1. The van der Waals surface area contributed by atoms with Gasteiger partial charge in [-0.25, -0.2) is 22.9 Å². The first-order chi connectivity index (χ1) is 16.7. The molecule has 13 heteroatoms. The van der Waals surface area contributed by atoms with E-state index < -0.39 is 34.7 Å². The van der Waals surface area contributed by atoms with Gasteiger partial charge in [0.15, 0.2) is 17.6 Å². The van der Waals surface area contributed by atoms with Crippen molar-refractivity contribution in [1.29, 1.82) is 0 Å². The molecule has 0 spiro atoms. The molecule has 3 rings (SSSR count). The summed E-state index contributed by atoms with van der Waals surface area (Å²) in [4.78, 5) is 34.7. The summed E-state index contributed by atoms with van der Waals surface area (Å²) in [7, 11) is 0. The van der Waals surface area contributed by atoms with Crippen molar-refractivity contribution in [2.75, 3.05) is 23.7 Å². The average Bonchev–Trinajstić information content (AvgIpc) is 2.80. The third kappa shape index (κ3) is 7.30. The SMILES string of the molecule is NC(N)=NCCCNCc1ccc(-c2cnc(NC(=O)Nc3cc(F)c(F)cc3F)[nH]c2=O)cc1. The minimum atomic E-state index is -1.39. The molecule has 35 heavy (non-hydrogen) atoms. The first-order valence-electron chi connectivity index (χ1n) is 10.4. The quantitative estimate of drug-likeness (QED) is 0.117. The minimum Gasteiger partial charge on any atom is -0.370 e. The topological polar surface area (TPSA) is 163 Å². The molecule has 0 radical (unpaired) electrons. The number of aromatic amines is 1. The lowest BCUT2D eigenvalue weighted by Crippen LogP contribution is -2.24. The van der Waals surface area contributed by atoms with Crippen LogP contribution in [0.5, 0.6) is 0 Å². The summed E-state index contributed by atoms with van der Waals surface area (Å²) < 4.78 is 39.9. The van der Waals surface area contributed by atoms with Crippen molar-refractivity contribution in [2.24, 2.45) is 16.5 Å². The number of benzene rings is 2. The Labute approximate surface area is 197 Å². The summed E-state index contributed by atoms with van der Waals surface area (Å²) in [6.45, 7) is 1.89. The van der Waals surface area contributed by atoms with Gasteiger partial charge in [0.1, 0.15) is 5.82 Å². The van der Waals surface area contributed by atoms with Crippen molar-refractivity contribution in [3.05, 3.63) is 76.0 Å². The van der Waals surface area contributed by atoms with E-state index in [0.29, 0.717) is 30.8 Å². The second kappa shape index (κ2) is 11.7. The number of aromatic nitrogens is 2. The van der Waals surface area contributed by atoms with E-state index in [9.17, 15) is 22.8 Å². The number of aliphatic imine (C=N–C) groups is 1. The molecule has 0 aliphatic rings. The second-order valence-corrected chi connectivity index (χ2v) is 7.33. The Hall–Kier alpha value is -4.39. The first-order valence-corrected chi connectivity index (χ1v) is 10.4. The van der Waals surface area contributed by atoms with Gasteiger partial charge in [-0.2, -0.15) is 0 Å². The Balaban J connectivity index is 1.57. The fraction of sp³-hybridized carbons (Fsp3) is 0.182. The highest BCUT2D eigenvalue weighted by Crippen LogP contribution is 2.19. The third-order valence-corrected chi connectivity index (χ3v) is 4.69. The van der Waals surface area contributed by atoms with E-state index in [1.54, 1.807) is 12.1 Å². The number of nitrogens with one attached hydrogen (secondary N) is 4. The van der Waals surface area contributed by atoms with Crippen molar-refractivity contribution in [3.8, 4) is 11.1 Å². The maximum atomic E-state index is 13.7. The third-order valence-electron chi connectivity index (χ3n) is 4.69. The van der Waals surface area contributed by atoms with Gasteiger partial charge in [-0.15, -0.1) is 0 Å². The number of amides is 2. The first kappa shape index (κ1) is 25.2. The maximum absolute atomic E-state index is 13.7. The van der Waals surface area contributed by atoms with Crippen molar-refractivity contribution in [3.63, 3.8) is 0 Å². The number of H-pyrrole nitrogens is 1. The van der Waals surface area contributed by atoms with Gasteiger partial charge in [0, 0.05) is 31.4 Å². The van der Waals surface area contributed by atoms with E-state index in [-0.39, 0.29) is 17.5 Å². The molecule has 0 saturated heterocycles. The molecule has 0 fully saturated rings. The van der Waals surface area contributed by atoms with Gasteiger partial charge in [0.2, 0.25) is 5.95 Å². The molecule has 0 atom stereocenters. The smallest absolute Gasteiger partial charge is 0.326 e. The highest BCUT2D eigenvalue weighted by atomic mass is 19.2. The Morgan fingerprint density at radius 2 is 1.74 bits per heavy atom. The molecule has 2 aromatic carbocycles. The van der Waals surface area contributed by atoms with E-state index in [2.05, 4.69) is 25.6 Å². The van der Waals surface area contributed by atoms with Crippen LogP contribution in [0.3, 0.4) is 0 Å². The molecular weight excluding hydrogens is 465 g/mol. The monoisotopic (exact) mass is 488 g/mol. The number of halogens is 3. The normalized spacial score (nSPS) is 10.6. The van der Waals surface area contributed by atoms with Crippen molar-refractivity contribution >= 4 is 23.6 Å². The zero-order valence-electron chi connectivity index (χ0n) is 18.4. The lowest BCUT2D eigenvalue weighted by Gasteiger charge is -2.09. The van der Waals surface area contributed by atoms with Crippen LogP contribution in [0.15, 0.2) is 52.4 Å². The molecule has 1 heterocycles. The van der Waals surface area contributed by atoms with Gasteiger partial charge < -0.3 is 22.1 Å². The van der Waals surface area contributed by atoms with Gasteiger partial charge in [-0.05, 0) is 24.1 Å². The minimum absolute atomic E-state index is 0.0641. The molecule has 1 aromatic heterocycles. The van der Waals surface area contributed by atoms with Crippen LogP contribution in [0, 0.1) is 17.5 Å². The summed E-state index contributed by atoms with van der Waals surface area (Å²) in [5, 5.41) is 7.47. The number of rotatable bonds is 9. The van der Waals surface area contributed by atoms with E-state index in [1.807, 2.05) is 17.4 Å². The number of urea groups is 1. The molecule has 0 unspecified atom stereocenters. The fourth-order valence-corrected chi connectivity index (χ4v) is 2.99. The average molecular weight is 488 g/mol. The molecule has 3 aromatic rings. The Morgan fingerprint density at radius 1 is 1.03 bits per heavy atom. The van der Waals surface area contributed by atoms with Gasteiger partial charge >= 0.3 is 6.03 Å². The lowest BCUT2D eigenvalue weighted by molar-refractivity contribution is 0.262. The standard InChI is InChI=1S/C22H23F3N8O2/c23-15-8-17(25)18(9-16(15)24)31-22(35)33-21-30-11-14(19(34)32-21)13-4-2-12(3-5-13)10-28-6-1-7-29-20(26)27/h2-5,8-9,11,28H,1,6-7,10H2,(H4,26,27,29)(H3,30,31,32,33,34,35). The number of hydrogen-bond donors (Lipinski definition) is 6. The number of hydrogen-bond acceptors (Lipinski definition) is 5. The molecule has 184 valence electrons. The van der Waals surface area contributed by atoms with E-state index in [0.717, 1.165) is 18.5 Å². The largest absolute Gasteiger partial charge is 0.370 e. The Bertz CT molecular complexity index is 1270. The summed E-state index contributed by atoms with van der Waals surface area (Å²) in [5.41, 5.74) is 11.3. The van der Waals surface area contributed by atoms with Crippen LogP contribution in [0.4, 0.5) is 29.6 Å². The molecule has 2 amide bonds. The summed E-state index contributed by atoms with van der Waals surface area (Å²) in [5.74, 6) is -4.04. The van der Waals surface area contributed by atoms with Crippen LogP contribution in [-0.2, 0) is 6.54 Å². The molecular formula is C22H23F3N8O2. The zero-order valence-corrected chi connectivity index (χ0v) is 18.4. The van der Waals surface area contributed by atoms with Gasteiger partial charge in [-0.3, -0.25) is 20.1 Å². The molecule has 0 saturated carbocycles. The van der Waals surface area contributed by atoms with Crippen molar-refractivity contribution < 1.29 is 18.0 Å². The van der Waals surface area contributed by atoms with Gasteiger partial charge in [-0.1, -0.05) is 24.3 Å².